The van der Waals surface area contributed by atoms with E-state index in [4.69, 9.17) is 18.6 Å². The number of furan rings is 1. The van der Waals surface area contributed by atoms with Crippen molar-refractivity contribution in [2.75, 3.05) is 25.7 Å². The highest BCUT2D eigenvalue weighted by Gasteiger charge is 2.46. The van der Waals surface area contributed by atoms with Crippen LogP contribution in [0.5, 0.6) is 17.2 Å². The SMILES string of the molecule is CCCCCOc1ccc(C2C(C(=O)c3ccc(C)o3)=C(O)C(=O)N2c2nc3ccc(OC)cc3s2)cc1OC. The molecule has 2 aromatic heterocycles. The molecule has 1 unspecified atom stereocenters. The molecule has 0 saturated carbocycles. The van der Waals surface area contributed by atoms with E-state index in [9.17, 15) is 14.7 Å². The molecule has 9 nitrogen and oxygen atoms in total. The van der Waals surface area contributed by atoms with Gasteiger partial charge in [-0.25, -0.2) is 4.98 Å². The van der Waals surface area contributed by atoms with E-state index in [2.05, 4.69) is 11.9 Å². The van der Waals surface area contributed by atoms with Crippen LogP contribution in [0.2, 0.25) is 0 Å². The summed E-state index contributed by atoms with van der Waals surface area (Å²) in [6.07, 6.45) is 3.03. The van der Waals surface area contributed by atoms with Gasteiger partial charge in [0.05, 0.1) is 42.7 Å². The quantitative estimate of drug-likeness (QED) is 0.161. The second kappa shape index (κ2) is 11.4. The molecule has 40 heavy (non-hydrogen) atoms. The van der Waals surface area contributed by atoms with Gasteiger partial charge < -0.3 is 23.7 Å². The number of aryl methyl sites for hydroxylation is 1. The molecule has 1 N–H and O–H groups in total. The van der Waals surface area contributed by atoms with Crippen molar-refractivity contribution in [3.63, 3.8) is 0 Å². The number of benzene rings is 2. The minimum atomic E-state index is -0.990. The van der Waals surface area contributed by atoms with Crippen LogP contribution in [0.3, 0.4) is 0 Å². The number of thiazole rings is 1. The summed E-state index contributed by atoms with van der Waals surface area (Å²) >= 11 is 1.26. The Morgan fingerprint density at radius 1 is 1.07 bits per heavy atom. The van der Waals surface area contributed by atoms with E-state index >= 15 is 0 Å². The molecule has 0 bridgehead atoms. The summed E-state index contributed by atoms with van der Waals surface area (Å²) in [6, 6.07) is 12.8. The Hall–Kier alpha value is -4.31. The summed E-state index contributed by atoms with van der Waals surface area (Å²) in [5.41, 5.74) is 1.09. The molecule has 0 fully saturated rings. The number of hydrogen-bond donors (Lipinski definition) is 1. The molecule has 3 heterocycles. The van der Waals surface area contributed by atoms with Crippen LogP contribution >= 0.6 is 11.3 Å². The summed E-state index contributed by atoms with van der Waals surface area (Å²) in [4.78, 5) is 33.3. The second-order valence-electron chi connectivity index (χ2n) is 9.38. The van der Waals surface area contributed by atoms with Crippen molar-refractivity contribution in [1.82, 2.24) is 4.98 Å². The van der Waals surface area contributed by atoms with Crippen LogP contribution in [0.4, 0.5) is 5.13 Å². The van der Waals surface area contributed by atoms with Crippen molar-refractivity contribution in [3.8, 4) is 17.2 Å². The fraction of sp³-hybridized carbons (Fsp3) is 0.300. The lowest BCUT2D eigenvalue weighted by Gasteiger charge is -2.25. The molecular weight excluding hydrogens is 532 g/mol. The number of ether oxygens (including phenoxy) is 3. The van der Waals surface area contributed by atoms with Gasteiger partial charge in [0, 0.05) is 0 Å². The molecule has 0 aliphatic carbocycles. The highest BCUT2D eigenvalue weighted by atomic mass is 32.1. The number of nitrogens with zero attached hydrogens (tertiary/aromatic N) is 2. The first-order valence-electron chi connectivity index (χ1n) is 13.0. The molecule has 0 radical (unpaired) electrons. The van der Waals surface area contributed by atoms with E-state index in [-0.39, 0.29) is 11.3 Å². The monoisotopic (exact) mass is 562 g/mol. The fourth-order valence-electron chi connectivity index (χ4n) is 4.67. The third-order valence-corrected chi connectivity index (χ3v) is 7.73. The largest absolute Gasteiger partial charge is 0.503 e. The maximum Gasteiger partial charge on any atom is 0.296 e. The van der Waals surface area contributed by atoms with Gasteiger partial charge in [0.1, 0.15) is 11.5 Å². The number of aromatic nitrogens is 1. The van der Waals surface area contributed by atoms with E-state index in [0.717, 1.165) is 24.0 Å². The Bertz CT molecular complexity index is 1600. The zero-order valence-electron chi connectivity index (χ0n) is 22.7. The van der Waals surface area contributed by atoms with E-state index in [1.165, 1.54) is 29.4 Å². The van der Waals surface area contributed by atoms with Crippen molar-refractivity contribution in [1.29, 1.82) is 0 Å². The second-order valence-corrected chi connectivity index (χ2v) is 10.4. The van der Waals surface area contributed by atoms with Crippen LogP contribution in [0, 0.1) is 6.92 Å². The van der Waals surface area contributed by atoms with Crippen molar-refractivity contribution in [2.24, 2.45) is 0 Å². The number of amides is 1. The average molecular weight is 563 g/mol. The smallest absolute Gasteiger partial charge is 0.296 e. The number of unbranched alkanes of at least 4 members (excludes halogenated alkanes) is 2. The summed E-state index contributed by atoms with van der Waals surface area (Å²) in [7, 11) is 3.10. The molecule has 5 rings (SSSR count). The van der Waals surface area contributed by atoms with E-state index in [1.807, 2.05) is 6.07 Å². The third-order valence-electron chi connectivity index (χ3n) is 6.72. The Balaban J connectivity index is 1.61. The van der Waals surface area contributed by atoms with Crippen LogP contribution in [0.15, 0.2) is 64.3 Å². The molecule has 2 aromatic carbocycles. The maximum absolute atomic E-state index is 13.7. The van der Waals surface area contributed by atoms with Gasteiger partial charge in [-0.3, -0.25) is 14.5 Å². The minimum Gasteiger partial charge on any atom is -0.503 e. The van der Waals surface area contributed by atoms with Gasteiger partial charge in [0.25, 0.3) is 5.91 Å². The highest BCUT2D eigenvalue weighted by molar-refractivity contribution is 7.22. The summed E-state index contributed by atoms with van der Waals surface area (Å²) < 4.78 is 23.2. The summed E-state index contributed by atoms with van der Waals surface area (Å²) in [6.45, 7) is 4.38. The molecule has 1 aliphatic heterocycles. The lowest BCUT2D eigenvalue weighted by molar-refractivity contribution is -0.117. The van der Waals surface area contributed by atoms with Crippen molar-refractivity contribution >= 4 is 38.4 Å². The van der Waals surface area contributed by atoms with Crippen LogP contribution in [0.1, 0.15) is 54.1 Å². The van der Waals surface area contributed by atoms with Crippen molar-refractivity contribution in [3.05, 3.63) is 76.9 Å². The Morgan fingerprint density at radius 3 is 2.60 bits per heavy atom. The van der Waals surface area contributed by atoms with Gasteiger partial charge in [-0.05, 0) is 61.4 Å². The lowest BCUT2D eigenvalue weighted by atomic mass is 9.95. The summed E-state index contributed by atoms with van der Waals surface area (Å²) in [5.74, 6) is 0.226. The zero-order valence-corrected chi connectivity index (χ0v) is 23.5. The first-order chi connectivity index (χ1) is 19.4. The molecule has 1 amide bonds. The molecule has 0 saturated heterocycles. The topological polar surface area (TPSA) is 111 Å². The standard InChI is InChI=1S/C30H30N2O7S/c1-5-6-7-14-38-21-13-9-18(15-23(21)37-4)26-25(27(33)22-12-8-17(2)39-22)28(34)29(35)32(26)30-31-20-11-10-19(36-3)16-24(20)40-30/h8-13,15-16,26,34H,5-7,14H2,1-4H3. The number of anilines is 1. The normalized spacial score (nSPS) is 15.2. The Kier molecular flexibility index (Phi) is 7.79. The number of rotatable bonds is 11. The number of fused-ring (bicyclic) bond motifs is 1. The number of carbonyl (C=O) groups is 2. The van der Waals surface area contributed by atoms with Crippen LogP contribution < -0.4 is 19.1 Å². The predicted octanol–water partition coefficient (Wildman–Crippen LogP) is 6.57. The minimum absolute atomic E-state index is 0.0237. The van der Waals surface area contributed by atoms with Crippen LogP contribution in [-0.4, -0.2) is 42.6 Å². The number of carbonyl (C=O) groups excluding carboxylic acids is 2. The van der Waals surface area contributed by atoms with E-state index in [1.54, 1.807) is 50.4 Å². The fourth-order valence-corrected chi connectivity index (χ4v) is 5.69. The number of aliphatic hydroxyl groups excluding tert-OH is 1. The average Bonchev–Trinajstić information content (AvgIpc) is 3.66. The molecular formula is C30H30N2O7S. The van der Waals surface area contributed by atoms with E-state index < -0.39 is 23.5 Å². The Morgan fingerprint density at radius 2 is 1.90 bits per heavy atom. The Labute approximate surface area is 235 Å². The lowest BCUT2D eigenvalue weighted by Crippen LogP contribution is -2.31. The first-order valence-corrected chi connectivity index (χ1v) is 13.8. The molecule has 10 heteroatoms. The number of Topliss-reactive ketones (excluding diaryl/α,β-unsaturated/α-hetero) is 1. The number of hydrogen-bond acceptors (Lipinski definition) is 9. The van der Waals surface area contributed by atoms with Gasteiger partial charge in [0.15, 0.2) is 28.1 Å². The van der Waals surface area contributed by atoms with Gasteiger partial charge >= 0.3 is 0 Å². The molecule has 1 aliphatic rings. The van der Waals surface area contributed by atoms with Crippen LogP contribution in [-0.2, 0) is 4.79 Å². The molecule has 208 valence electrons. The van der Waals surface area contributed by atoms with Crippen LogP contribution in [0.25, 0.3) is 10.2 Å². The van der Waals surface area contributed by atoms with Crippen molar-refractivity contribution < 1.29 is 33.3 Å². The summed E-state index contributed by atoms with van der Waals surface area (Å²) in [5, 5.41) is 11.4. The molecule has 0 spiro atoms. The first kappa shape index (κ1) is 27.3. The number of methoxy groups -OCH3 is 2. The third kappa shape index (κ3) is 5.02. The maximum atomic E-state index is 13.7. The van der Waals surface area contributed by atoms with Gasteiger partial charge in [-0.15, -0.1) is 0 Å². The van der Waals surface area contributed by atoms with Gasteiger partial charge in [0.2, 0.25) is 5.78 Å². The number of aliphatic hydroxyl groups is 1. The van der Waals surface area contributed by atoms with Gasteiger partial charge in [-0.2, -0.15) is 0 Å². The highest BCUT2D eigenvalue weighted by Crippen LogP contribution is 2.46. The predicted molar refractivity (Wildman–Crippen MR) is 152 cm³/mol. The number of ketones is 1. The van der Waals surface area contributed by atoms with Crippen molar-refractivity contribution in [2.45, 2.75) is 39.2 Å². The van der Waals surface area contributed by atoms with E-state index in [0.29, 0.717) is 45.8 Å². The zero-order chi connectivity index (χ0) is 28.4. The molecule has 4 aromatic rings. The molecule has 1 atom stereocenters. The van der Waals surface area contributed by atoms with Gasteiger partial charge in [-0.1, -0.05) is 37.2 Å².